The molecule has 200 valence electrons. The molecule has 2 amide bonds. The number of hydroxylamine groups is 1. The van der Waals surface area contributed by atoms with E-state index in [0.29, 0.717) is 26.0 Å². The van der Waals surface area contributed by atoms with Crippen LogP contribution in [0.2, 0.25) is 0 Å². The maximum Gasteiger partial charge on any atom is 0.243 e. The lowest BCUT2D eigenvalue weighted by atomic mass is 10.0. The number of rotatable bonds is 11. The average Bonchev–Trinajstić information content (AvgIpc) is 3.29. The first-order valence-corrected chi connectivity index (χ1v) is 13.1. The summed E-state index contributed by atoms with van der Waals surface area (Å²) >= 11 is 0. The van der Waals surface area contributed by atoms with Crippen molar-refractivity contribution >= 4 is 29.0 Å². The zero-order valence-corrected chi connectivity index (χ0v) is 22.3. The van der Waals surface area contributed by atoms with Gasteiger partial charge in [0.25, 0.3) is 0 Å². The third-order valence-corrected chi connectivity index (χ3v) is 6.01. The van der Waals surface area contributed by atoms with Crippen molar-refractivity contribution in [3.63, 3.8) is 0 Å². The van der Waals surface area contributed by atoms with Gasteiger partial charge in [-0.25, -0.2) is 5.48 Å². The first-order valence-electron chi connectivity index (χ1n) is 13.1. The Labute approximate surface area is 220 Å². The van der Waals surface area contributed by atoms with Crippen LogP contribution in [0.3, 0.4) is 0 Å². The Morgan fingerprint density at radius 3 is 2.70 bits per heavy atom. The molecular formula is C30H41N3O4. The molecule has 2 heterocycles. The molecule has 37 heavy (non-hydrogen) atoms. The fraction of sp³-hybridized carbons (Fsp3) is 0.433. The Morgan fingerprint density at radius 1 is 1.19 bits per heavy atom. The highest BCUT2D eigenvalue weighted by atomic mass is 16.6. The number of amides is 2. The SMILES string of the molecule is C=CC.CC(=O)c1cn2c3c(cccc13)CCC2.O=CNCCCCCC(=O)NOCC1=CCCC=C1. The van der Waals surface area contributed by atoms with Crippen LogP contribution in [-0.2, 0) is 27.4 Å². The van der Waals surface area contributed by atoms with Gasteiger partial charge in [-0.05, 0) is 63.5 Å². The number of unbranched alkanes of at least 4 members (excludes halogenated alkanes) is 2. The van der Waals surface area contributed by atoms with Crippen molar-refractivity contribution in [1.82, 2.24) is 15.4 Å². The summed E-state index contributed by atoms with van der Waals surface area (Å²) in [5.74, 6) is 0.0709. The third kappa shape index (κ3) is 10.2. The van der Waals surface area contributed by atoms with Gasteiger partial charge < -0.3 is 9.88 Å². The van der Waals surface area contributed by atoms with E-state index < -0.39 is 0 Å². The third-order valence-electron chi connectivity index (χ3n) is 6.01. The largest absolute Gasteiger partial charge is 0.359 e. The molecule has 0 saturated heterocycles. The number of allylic oxidation sites excluding steroid dienone is 3. The van der Waals surface area contributed by atoms with Crippen molar-refractivity contribution in [1.29, 1.82) is 0 Å². The average molecular weight is 508 g/mol. The molecule has 1 aromatic heterocycles. The summed E-state index contributed by atoms with van der Waals surface area (Å²) in [6, 6.07) is 6.28. The van der Waals surface area contributed by atoms with Gasteiger partial charge >= 0.3 is 0 Å². The van der Waals surface area contributed by atoms with Crippen LogP contribution in [0.25, 0.3) is 10.9 Å². The van der Waals surface area contributed by atoms with Crippen molar-refractivity contribution in [2.24, 2.45) is 0 Å². The van der Waals surface area contributed by atoms with E-state index in [9.17, 15) is 14.4 Å². The first-order chi connectivity index (χ1) is 18.0. The highest BCUT2D eigenvalue weighted by Crippen LogP contribution is 2.29. The van der Waals surface area contributed by atoms with E-state index in [1.807, 2.05) is 19.2 Å². The lowest BCUT2D eigenvalue weighted by molar-refractivity contribution is -0.132. The second-order valence-corrected chi connectivity index (χ2v) is 9.07. The van der Waals surface area contributed by atoms with Crippen LogP contribution < -0.4 is 10.8 Å². The number of aromatic nitrogens is 1. The van der Waals surface area contributed by atoms with E-state index in [-0.39, 0.29) is 11.7 Å². The summed E-state index contributed by atoms with van der Waals surface area (Å²) in [5, 5.41) is 3.71. The zero-order chi connectivity index (χ0) is 26.9. The van der Waals surface area contributed by atoms with Gasteiger partial charge in [-0.2, -0.15) is 0 Å². The van der Waals surface area contributed by atoms with Crippen molar-refractivity contribution in [2.45, 2.75) is 71.8 Å². The van der Waals surface area contributed by atoms with E-state index in [1.165, 1.54) is 17.5 Å². The maximum atomic E-state index is 11.5. The number of hydrogen-bond acceptors (Lipinski definition) is 4. The second kappa shape index (κ2) is 17.1. The molecule has 0 spiro atoms. The number of aryl methyl sites for hydroxylation is 2. The lowest BCUT2D eigenvalue weighted by Gasteiger charge is -2.14. The molecule has 0 radical (unpaired) electrons. The molecule has 1 aromatic carbocycles. The summed E-state index contributed by atoms with van der Waals surface area (Å²) in [4.78, 5) is 38.1. The Kier molecular flexibility index (Phi) is 13.7. The van der Waals surface area contributed by atoms with Gasteiger partial charge in [0.1, 0.15) is 0 Å². The Balaban J connectivity index is 0.000000239. The highest BCUT2D eigenvalue weighted by Gasteiger charge is 2.17. The van der Waals surface area contributed by atoms with Crippen LogP contribution in [0.5, 0.6) is 0 Å². The summed E-state index contributed by atoms with van der Waals surface area (Å²) in [5.41, 5.74) is 7.07. The number of carbonyl (C=O) groups is 3. The summed E-state index contributed by atoms with van der Waals surface area (Å²) < 4.78 is 2.23. The standard InChI is InChI=1S/C14H22N2O3.C13H13NO.C3H6/c17-12-15-10-6-2-5-9-14(18)16-19-11-13-7-3-1-4-8-13;1-9(15)12-8-14-7-3-5-10-4-2-6-11(12)13(10)14;1-3-2/h3,7-8,12H,1-2,4-6,9-11H2,(H,15,17)(H,16,18);2,4,6,8H,3,5,7H2,1H3;3H,1H2,2H3. The normalized spacial score (nSPS) is 13.3. The van der Waals surface area contributed by atoms with Gasteiger partial charge in [-0.15, -0.1) is 6.58 Å². The topological polar surface area (TPSA) is 89.4 Å². The van der Waals surface area contributed by atoms with Gasteiger partial charge in [0.2, 0.25) is 12.3 Å². The Bertz CT molecular complexity index is 1100. The van der Waals surface area contributed by atoms with Crippen LogP contribution in [0, 0.1) is 0 Å². The maximum absolute atomic E-state index is 11.5. The second-order valence-electron chi connectivity index (χ2n) is 9.07. The van der Waals surface area contributed by atoms with Crippen LogP contribution in [-0.4, -0.2) is 35.8 Å². The quantitative estimate of drug-likeness (QED) is 0.136. The molecule has 0 fully saturated rings. The molecule has 4 rings (SSSR count). The first kappa shape index (κ1) is 29.8. The van der Waals surface area contributed by atoms with Crippen molar-refractivity contribution in [3.8, 4) is 0 Å². The lowest BCUT2D eigenvalue weighted by Crippen LogP contribution is -2.24. The predicted molar refractivity (Wildman–Crippen MR) is 149 cm³/mol. The van der Waals surface area contributed by atoms with Crippen molar-refractivity contribution in [3.05, 3.63) is 72.0 Å². The molecule has 0 atom stereocenters. The number of ketones is 1. The van der Waals surface area contributed by atoms with Gasteiger partial charge in [-0.1, -0.05) is 48.9 Å². The van der Waals surface area contributed by atoms with Gasteiger partial charge in [0.15, 0.2) is 5.78 Å². The monoisotopic (exact) mass is 507 g/mol. The number of benzene rings is 1. The highest BCUT2D eigenvalue weighted by molar-refractivity contribution is 6.07. The minimum absolute atomic E-state index is 0.0938. The number of hydrogen-bond donors (Lipinski definition) is 2. The smallest absolute Gasteiger partial charge is 0.243 e. The molecule has 0 unspecified atom stereocenters. The number of nitrogens with one attached hydrogen (secondary N) is 2. The van der Waals surface area contributed by atoms with E-state index in [2.05, 4.69) is 52.3 Å². The summed E-state index contributed by atoms with van der Waals surface area (Å²) in [7, 11) is 0. The van der Waals surface area contributed by atoms with Crippen LogP contribution in [0.4, 0.5) is 0 Å². The molecular weight excluding hydrogens is 466 g/mol. The van der Waals surface area contributed by atoms with E-state index >= 15 is 0 Å². The number of Topliss-reactive ketones (excluding diaryl/α,β-unsaturated/α-hetero) is 1. The molecule has 0 bridgehead atoms. The summed E-state index contributed by atoms with van der Waals surface area (Å²) in [6.07, 6.45) is 18.2. The Morgan fingerprint density at radius 2 is 2.00 bits per heavy atom. The number of nitrogens with zero attached hydrogens (tertiary/aromatic N) is 1. The molecule has 0 saturated carbocycles. The number of carbonyl (C=O) groups excluding carboxylic acids is 3. The van der Waals surface area contributed by atoms with Crippen LogP contribution in [0.15, 0.2) is 60.9 Å². The molecule has 2 aromatic rings. The van der Waals surface area contributed by atoms with E-state index in [4.69, 9.17) is 4.84 Å². The number of para-hydroxylation sites is 1. The van der Waals surface area contributed by atoms with Gasteiger partial charge in [0.05, 0.1) is 12.1 Å². The minimum Gasteiger partial charge on any atom is -0.359 e. The van der Waals surface area contributed by atoms with E-state index in [1.54, 1.807) is 13.0 Å². The fourth-order valence-corrected chi connectivity index (χ4v) is 4.31. The molecule has 7 nitrogen and oxygen atoms in total. The predicted octanol–water partition coefficient (Wildman–Crippen LogP) is 5.60. The van der Waals surface area contributed by atoms with Crippen LogP contribution >= 0.6 is 0 Å². The molecule has 7 heteroatoms. The fourth-order valence-electron chi connectivity index (χ4n) is 4.31. The van der Waals surface area contributed by atoms with Crippen LogP contribution in [0.1, 0.15) is 74.7 Å². The van der Waals surface area contributed by atoms with Crippen molar-refractivity contribution in [2.75, 3.05) is 13.2 Å². The molecule has 2 aliphatic rings. The molecule has 1 aliphatic carbocycles. The zero-order valence-electron chi connectivity index (χ0n) is 22.3. The van der Waals surface area contributed by atoms with Gasteiger partial charge in [0, 0.05) is 36.7 Å². The Hall–Kier alpha value is -3.45. The van der Waals surface area contributed by atoms with Crippen molar-refractivity contribution < 1.29 is 19.2 Å². The minimum atomic E-state index is -0.0938. The molecule has 1 aliphatic heterocycles. The summed E-state index contributed by atoms with van der Waals surface area (Å²) in [6.45, 7) is 9.03. The van der Waals surface area contributed by atoms with Gasteiger partial charge in [-0.3, -0.25) is 19.2 Å². The molecule has 2 N–H and O–H groups in total. The van der Waals surface area contributed by atoms with E-state index in [0.717, 1.165) is 61.6 Å².